The predicted octanol–water partition coefficient (Wildman–Crippen LogP) is 1.40. The van der Waals surface area contributed by atoms with Crippen LogP contribution in [0.25, 0.3) is 0 Å². The van der Waals surface area contributed by atoms with Gasteiger partial charge in [0.1, 0.15) is 5.69 Å². The normalized spacial score (nSPS) is 12.4. The fraction of sp³-hybridized carbons (Fsp3) is 0.143. The fourth-order valence-electron chi connectivity index (χ4n) is 0.781. The molecular weight excluding hydrogens is 176 g/mol. The van der Waals surface area contributed by atoms with Gasteiger partial charge >= 0.3 is 0 Å². The second kappa shape index (κ2) is 3.44. The molecule has 0 radical (unpaired) electrons. The molecule has 0 amide bonds. The third-order valence-electron chi connectivity index (χ3n) is 1.43. The minimum absolute atomic E-state index is 0.141. The molecule has 0 spiro atoms. The number of nitrogen functional groups attached to an aromatic ring is 1. The van der Waals surface area contributed by atoms with Crippen molar-refractivity contribution in [3.8, 4) is 0 Å². The zero-order valence-electron chi connectivity index (χ0n) is 6.48. The van der Waals surface area contributed by atoms with Crippen molar-refractivity contribution in [2.45, 2.75) is 4.90 Å². The third kappa shape index (κ3) is 1.68. The molecule has 0 saturated heterocycles. The Balaban J connectivity index is 3.22. The van der Waals surface area contributed by atoms with Gasteiger partial charge < -0.3 is 5.73 Å². The summed E-state index contributed by atoms with van der Waals surface area (Å²) in [7, 11) is -1.10. The van der Waals surface area contributed by atoms with Gasteiger partial charge in [-0.15, -0.1) is 4.91 Å². The summed E-state index contributed by atoms with van der Waals surface area (Å²) in [4.78, 5) is 10.7. The molecule has 12 heavy (non-hydrogen) atoms. The summed E-state index contributed by atoms with van der Waals surface area (Å²) in [5, 5.41) is 2.70. The van der Waals surface area contributed by atoms with Crippen LogP contribution >= 0.6 is 0 Å². The number of benzene rings is 1. The SMILES string of the molecule is CS(=O)c1ccc(N)c(N=O)c1. The van der Waals surface area contributed by atoms with Gasteiger partial charge in [0.2, 0.25) is 0 Å². The lowest BCUT2D eigenvalue weighted by molar-refractivity contribution is 0.687. The molecule has 2 N–H and O–H groups in total. The van der Waals surface area contributed by atoms with E-state index in [1.54, 1.807) is 6.07 Å². The van der Waals surface area contributed by atoms with Gasteiger partial charge in [0.15, 0.2) is 0 Å². The van der Waals surface area contributed by atoms with E-state index in [2.05, 4.69) is 5.18 Å². The van der Waals surface area contributed by atoms with Crippen LogP contribution in [-0.4, -0.2) is 10.5 Å². The Morgan fingerprint density at radius 3 is 2.67 bits per heavy atom. The molecule has 0 aromatic heterocycles. The maximum Gasteiger partial charge on any atom is 0.132 e. The van der Waals surface area contributed by atoms with Gasteiger partial charge in [-0.05, 0) is 23.4 Å². The number of nitrogens with two attached hydrogens (primary N) is 1. The number of anilines is 1. The summed E-state index contributed by atoms with van der Waals surface area (Å²) in [5.74, 6) is 0. The number of nitroso groups, excluding NO2 is 1. The zero-order chi connectivity index (χ0) is 9.14. The Labute approximate surface area is 72.2 Å². The average Bonchev–Trinajstić information content (AvgIpc) is 2.05. The molecule has 0 aliphatic carbocycles. The summed E-state index contributed by atoms with van der Waals surface area (Å²) in [6.07, 6.45) is 1.53. The van der Waals surface area contributed by atoms with Gasteiger partial charge in [-0.1, -0.05) is 0 Å². The summed E-state index contributed by atoms with van der Waals surface area (Å²) in [5.41, 5.74) is 5.85. The van der Waals surface area contributed by atoms with Crippen LogP contribution in [0.5, 0.6) is 0 Å². The maximum atomic E-state index is 11.0. The molecule has 0 heterocycles. The van der Waals surface area contributed by atoms with Gasteiger partial charge in [0.05, 0.1) is 5.69 Å². The highest BCUT2D eigenvalue weighted by molar-refractivity contribution is 7.84. The van der Waals surface area contributed by atoms with E-state index in [0.717, 1.165) is 0 Å². The quantitative estimate of drug-likeness (QED) is 0.557. The van der Waals surface area contributed by atoms with Gasteiger partial charge in [-0.25, -0.2) is 0 Å². The molecule has 1 aromatic carbocycles. The van der Waals surface area contributed by atoms with Crippen LogP contribution in [0.4, 0.5) is 11.4 Å². The molecule has 1 atom stereocenters. The van der Waals surface area contributed by atoms with Crippen LogP contribution in [0.1, 0.15) is 0 Å². The van der Waals surface area contributed by atoms with E-state index in [-0.39, 0.29) is 5.69 Å². The van der Waals surface area contributed by atoms with E-state index in [4.69, 9.17) is 5.73 Å². The molecule has 5 heteroatoms. The fourth-order valence-corrected chi connectivity index (χ4v) is 1.32. The monoisotopic (exact) mass is 184 g/mol. The predicted molar refractivity (Wildman–Crippen MR) is 48.6 cm³/mol. The first-order valence-electron chi connectivity index (χ1n) is 3.21. The first-order valence-corrected chi connectivity index (χ1v) is 4.77. The van der Waals surface area contributed by atoms with E-state index >= 15 is 0 Å². The van der Waals surface area contributed by atoms with E-state index in [1.807, 2.05) is 0 Å². The van der Waals surface area contributed by atoms with Gasteiger partial charge in [-0.2, -0.15) is 0 Å². The van der Waals surface area contributed by atoms with Crippen molar-refractivity contribution < 1.29 is 4.21 Å². The van der Waals surface area contributed by atoms with Crippen LogP contribution in [0.2, 0.25) is 0 Å². The molecule has 0 saturated carbocycles. The highest BCUT2D eigenvalue weighted by Gasteiger charge is 2.02. The van der Waals surface area contributed by atoms with Crippen LogP contribution in [0.3, 0.4) is 0 Å². The zero-order valence-corrected chi connectivity index (χ0v) is 7.30. The third-order valence-corrected chi connectivity index (χ3v) is 2.35. The minimum atomic E-state index is -1.10. The lowest BCUT2D eigenvalue weighted by atomic mass is 10.3. The molecule has 0 aliphatic heterocycles. The molecule has 4 nitrogen and oxygen atoms in total. The average molecular weight is 184 g/mol. The van der Waals surface area contributed by atoms with Gasteiger partial charge in [0.25, 0.3) is 0 Å². The van der Waals surface area contributed by atoms with Crippen molar-refractivity contribution in [2.75, 3.05) is 12.0 Å². The van der Waals surface area contributed by atoms with Gasteiger partial charge in [-0.3, -0.25) is 4.21 Å². The first-order chi connectivity index (χ1) is 5.65. The molecule has 0 fully saturated rings. The van der Waals surface area contributed by atoms with Crippen molar-refractivity contribution in [3.63, 3.8) is 0 Å². The summed E-state index contributed by atoms with van der Waals surface area (Å²) in [6, 6.07) is 4.56. The maximum absolute atomic E-state index is 11.0. The summed E-state index contributed by atoms with van der Waals surface area (Å²) < 4.78 is 11.0. The second-order valence-corrected chi connectivity index (χ2v) is 3.65. The van der Waals surface area contributed by atoms with Crippen molar-refractivity contribution in [1.29, 1.82) is 0 Å². The number of nitrogens with zero attached hydrogens (tertiary/aromatic N) is 1. The largest absolute Gasteiger partial charge is 0.397 e. The smallest absolute Gasteiger partial charge is 0.132 e. The van der Waals surface area contributed by atoms with Crippen molar-refractivity contribution in [1.82, 2.24) is 0 Å². The standard InChI is InChI=1S/C7H8N2O2S/c1-12(11)5-2-3-6(8)7(4-5)9-10/h2-4H,8H2,1H3. The van der Waals surface area contributed by atoms with E-state index in [9.17, 15) is 9.12 Å². The topological polar surface area (TPSA) is 72.5 Å². The second-order valence-electron chi connectivity index (χ2n) is 2.27. The molecular formula is C7H8N2O2S. The van der Waals surface area contributed by atoms with Crippen molar-refractivity contribution >= 4 is 22.2 Å². The van der Waals surface area contributed by atoms with E-state index in [1.165, 1.54) is 18.4 Å². The van der Waals surface area contributed by atoms with Crippen molar-refractivity contribution in [2.24, 2.45) is 5.18 Å². The number of hydrogen-bond donors (Lipinski definition) is 1. The molecule has 1 unspecified atom stereocenters. The van der Waals surface area contributed by atoms with Crippen LogP contribution in [-0.2, 0) is 10.8 Å². The summed E-state index contributed by atoms with van der Waals surface area (Å²) in [6.45, 7) is 0. The van der Waals surface area contributed by atoms with Crippen LogP contribution in [0.15, 0.2) is 28.3 Å². The Bertz CT molecular complexity index is 338. The Morgan fingerprint density at radius 1 is 1.50 bits per heavy atom. The van der Waals surface area contributed by atoms with E-state index < -0.39 is 10.8 Å². The minimum Gasteiger partial charge on any atom is -0.397 e. The first kappa shape index (κ1) is 8.86. The van der Waals surface area contributed by atoms with Crippen LogP contribution < -0.4 is 5.73 Å². The Hall–Kier alpha value is -1.23. The lowest BCUT2D eigenvalue weighted by Gasteiger charge is -1.98. The molecule has 1 aromatic rings. The molecule has 0 aliphatic rings. The summed E-state index contributed by atoms with van der Waals surface area (Å²) >= 11 is 0. The number of hydrogen-bond acceptors (Lipinski definition) is 4. The highest BCUT2D eigenvalue weighted by Crippen LogP contribution is 2.23. The molecule has 1 rings (SSSR count). The van der Waals surface area contributed by atoms with E-state index in [0.29, 0.717) is 10.6 Å². The van der Waals surface area contributed by atoms with Crippen LogP contribution in [0, 0.1) is 4.91 Å². The Kier molecular flexibility index (Phi) is 2.54. The van der Waals surface area contributed by atoms with Gasteiger partial charge in [0, 0.05) is 22.0 Å². The Morgan fingerprint density at radius 2 is 2.17 bits per heavy atom. The number of rotatable bonds is 2. The lowest BCUT2D eigenvalue weighted by Crippen LogP contribution is -1.90. The highest BCUT2D eigenvalue weighted by atomic mass is 32.2. The van der Waals surface area contributed by atoms with Crippen molar-refractivity contribution in [3.05, 3.63) is 23.1 Å². The molecule has 64 valence electrons. The molecule has 0 bridgehead atoms.